The first kappa shape index (κ1) is 30.1. The number of pyridine rings is 1. The van der Waals surface area contributed by atoms with Gasteiger partial charge >= 0.3 is 6.18 Å². The van der Waals surface area contributed by atoms with Gasteiger partial charge in [-0.25, -0.2) is 27.8 Å². The quantitative estimate of drug-likeness (QED) is 0.227. The van der Waals surface area contributed by atoms with Gasteiger partial charge in [-0.1, -0.05) is 23.5 Å². The summed E-state index contributed by atoms with van der Waals surface area (Å²) < 4.78 is 87.8. The third kappa shape index (κ3) is 6.33. The summed E-state index contributed by atoms with van der Waals surface area (Å²) in [6.07, 6.45) is 1.65. The lowest BCUT2D eigenvalue weighted by Crippen LogP contribution is -2.40. The van der Waals surface area contributed by atoms with E-state index in [4.69, 9.17) is 4.74 Å². The summed E-state index contributed by atoms with van der Waals surface area (Å²) in [4.78, 5) is 12.1. The molecule has 0 aliphatic carbocycles. The Morgan fingerprint density at radius 2 is 1.76 bits per heavy atom. The number of nitrogens with zero attached hydrogens (tertiary/aromatic N) is 5. The van der Waals surface area contributed by atoms with Gasteiger partial charge in [0.1, 0.15) is 17.7 Å². The second-order valence-electron chi connectivity index (χ2n) is 9.89. The van der Waals surface area contributed by atoms with E-state index in [1.807, 2.05) is 11.5 Å². The molecule has 4 heterocycles. The van der Waals surface area contributed by atoms with Crippen molar-refractivity contribution in [3.05, 3.63) is 84.0 Å². The van der Waals surface area contributed by atoms with Crippen LogP contribution in [0.25, 0.3) is 0 Å². The van der Waals surface area contributed by atoms with Crippen molar-refractivity contribution in [1.29, 1.82) is 0 Å². The molecule has 9 nitrogen and oxygen atoms in total. The van der Waals surface area contributed by atoms with Crippen LogP contribution in [-0.4, -0.2) is 52.4 Å². The summed E-state index contributed by atoms with van der Waals surface area (Å²) >= 11 is 0.878. The van der Waals surface area contributed by atoms with Crippen LogP contribution < -0.4 is 5.32 Å². The molecule has 224 valence electrons. The van der Waals surface area contributed by atoms with Gasteiger partial charge in [0.05, 0.1) is 36.0 Å². The van der Waals surface area contributed by atoms with E-state index in [9.17, 15) is 26.0 Å². The van der Waals surface area contributed by atoms with Gasteiger partial charge in [-0.3, -0.25) is 0 Å². The molecule has 1 N–H and O–H groups in total. The number of alkyl halides is 3. The lowest BCUT2D eigenvalue weighted by molar-refractivity contribution is -0.137. The maximum absolute atomic E-state index is 13.4. The fourth-order valence-corrected chi connectivity index (χ4v) is 7.71. The molecule has 1 saturated heterocycles. The monoisotopic (exact) mass is 624 g/mol. The normalized spacial score (nSPS) is 16.8. The first-order valence-electron chi connectivity index (χ1n) is 13.0. The van der Waals surface area contributed by atoms with E-state index in [1.54, 1.807) is 31.8 Å². The number of rotatable bonds is 9. The van der Waals surface area contributed by atoms with Gasteiger partial charge in [0.15, 0.2) is 9.34 Å². The molecule has 0 saturated carbocycles. The van der Waals surface area contributed by atoms with Crippen molar-refractivity contribution in [2.24, 2.45) is 5.92 Å². The van der Waals surface area contributed by atoms with Gasteiger partial charge in [0, 0.05) is 26.4 Å². The van der Waals surface area contributed by atoms with Crippen molar-refractivity contribution in [2.75, 3.05) is 25.5 Å². The zero-order chi connectivity index (χ0) is 30.1. The van der Waals surface area contributed by atoms with Crippen LogP contribution in [-0.2, 0) is 20.9 Å². The Balaban J connectivity index is 1.23. The van der Waals surface area contributed by atoms with Crippen LogP contribution in [0, 0.1) is 11.7 Å². The molecule has 1 aliphatic heterocycles. The van der Waals surface area contributed by atoms with E-state index < -0.39 is 21.8 Å². The highest BCUT2D eigenvalue weighted by Gasteiger charge is 2.36. The maximum atomic E-state index is 13.4. The van der Waals surface area contributed by atoms with Crippen LogP contribution in [0.5, 0.6) is 0 Å². The Labute approximate surface area is 244 Å². The Morgan fingerprint density at radius 1 is 1.05 bits per heavy atom. The number of halogens is 4. The van der Waals surface area contributed by atoms with Crippen molar-refractivity contribution in [1.82, 2.24) is 23.8 Å². The number of piperidine rings is 1. The van der Waals surface area contributed by atoms with Crippen molar-refractivity contribution in [2.45, 2.75) is 42.3 Å². The maximum Gasteiger partial charge on any atom is 0.417 e. The molecule has 2 unspecified atom stereocenters. The standard InChI is InChI=1S/C27H28F4N6O3S2/c1-17(18-3-6-21(28)7-4-18)37-16-32-14-22(37)25(40-2)19-9-11-36(12-10-19)42(38,39)24-15-34-26(41-24)35-23-8-5-20(13-33-23)27(29,30)31/h3-8,13-17,19,25H,9-12H2,1-2H3,(H,33,34,35). The van der Waals surface area contributed by atoms with E-state index in [-0.39, 0.29) is 52.1 Å². The molecule has 0 amide bonds. The number of anilines is 2. The van der Waals surface area contributed by atoms with Crippen LogP contribution in [0.2, 0.25) is 0 Å². The number of benzene rings is 1. The molecule has 1 fully saturated rings. The molecule has 5 rings (SSSR count). The molecule has 2 atom stereocenters. The minimum absolute atomic E-state index is 0.0184. The van der Waals surface area contributed by atoms with Crippen molar-refractivity contribution in [3.63, 3.8) is 0 Å². The van der Waals surface area contributed by atoms with E-state index in [1.165, 1.54) is 22.6 Å². The van der Waals surface area contributed by atoms with Crippen LogP contribution in [0.3, 0.4) is 0 Å². The second kappa shape index (κ2) is 12.1. The third-order valence-electron chi connectivity index (χ3n) is 7.34. The molecule has 4 aromatic rings. The number of thiazole rings is 1. The SMILES string of the molecule is COC(c1cncn1C(C)c1ccc(F)cc1)C1CCN(S(=O)(=O)c2cnc(Nc3ccc(C(F)(F)F)cn3)s2)CC1. The first-order chi connectivity index (χ1) is 20.0. The van der Waals surface area contributed by atoms with Crippen LogP contribution in [0.4, 0.5) is 28.5 Å². The van der Waals surface area contributed by atoms with E-state index in [0.717, 1.165) is 34.7 Å². The molecular formula is C27H28F4N6O3S2. The Hall–Kier alpha value is -3.40. The van der Waals surface area contributed by atoms with Gasteiger partial charge in [-0.15, -0.1) is 0 Å². The lowest BCUT2D eigenvalue weighted by atomic mass is 9.90. The zero-order valence-corrected chi connectivity index (χ0v) is 24.3. The fraction of sp³-hybridized carbons (Fsp3) is 0.370. The van der Waals surface area contributed by atoms with Crippen LogP contribution >= 0.6 is 11.3 Å². The zero-order valence-electron chi connectivity index (χ0n) is 22.6. The molecule has 0 radical (unpaired) electrons. The van der Waals surface area contributed by atoms with E-state index in [0.29, 0.717) is 19.0 Å². The lowest BCUT2D eigenvalue weighted by Gasteiger charge is -2.35. The number of imidazole rings is 1. The van der Waals surface area contributed by atoms with E-state index in [2.05, 4.69) is 20.3 Å². The molecule has 15 heteroatoms. The average molecular weight is 625 g/mol. The molecule has 1 aromatic carbocycles. The average Bonchev–Trinajstić information content (AvgIpc) is 3.64. The van der Waals surface area contributed by atoms with Gasteiger partial charge < -0.3 is 14.6 Å². The van der Waals surface area contributed by atoms with Crippen LogP contribution in [0.15, 0.2) is 65.5 Å². The predicted octanol–water partition coefficient (Wildman–Crippen LogP) is 6.03. The third-order valence-corrected chi connectivity index (χ3v) is 10.6. The van der Waals surface area contributed by atoms with E-state index >= 15 is 0 Å². The summed E-state index contributed by atoms with van der Waals surface area (Å²) in [6.45, 7) is 2.54. The smallest absolute Gasteiger partial charge is 0.375 e. The number of nitrogens with one attached hydrogen (secondary N) is 1. The topological polar surface area (TPSA) is 102 Å². The number of sulfonamides is 1. The number of ether oxygens (including phenoxy) is 1. The molecule has 1 aliphatic rings. The summed E-state index contributed by atoms with van der Waals surface area (Å²) in [5.74, 6) is -0.169. The highest BCUT2D eigenvalue weighted by Crippen LogP contribution is 2.37. The Kier molecular flexibility index (Phi) is 8.64. The molecule has 0 bridgehead atoms. The molecule has 0 spiro atoms. The van der Waals surface area contributed by atoms with Crippen molar-refractivity contribution < 1.29 is 30.7 Å². The minimum atomic E-state index is -4.51. The van der Waals surface area contributed by atoms with Gasteiger partial charge in [-0.2, -0.15) is 17.5 Å². The minimum Gasteiger partial charge on any atom is -0.375 e. The van der Waals surface area contributed by atoms with Crippen molar-refractivity contribution >= 4 is 32.3 Å². The molecule has 3 aromatic heterocycles. The fourth-order valence-electron chi connectivity index (χ4n) is 5.04. The highest BCUT2D eigenvalue weighted by molar-refractivity contribution is 7.91. The molecular weight excluding hydrogens is 596 g/mol. The summed E-state index contributed by atoms with van der Waals surface area (Å²) in [5.41, 5.74) is 0.881. The second-order valence-corrected chi connectivity index (χ2v) is 13.1. The summed E-state index contributed by atoms with van der Waals surface area (Å²) in [5, 5.41) is 2.95. The number of methoxy groups -OCH3 is 1. The number of aromatic nitrogens is 4. The largest absolute Gasteiger partial charge is 0.417 e. The summed E-state index contributed by atoms with van der Waals surface area (Å²) in [7, 11) is -2.22. The number of hydrogen-bond acceptors (Lipinski definition) is 8. The Bertz CT molecular complexity index is 1600. The van der Waals surface area contributed by atoms with Gasteiger partial charge in [0.2, 0.25) is 0 Å². The summed E-state index contributed by atoms with van der Waals surface area (Å²) in [6, 6.07) is 8.22. The molecule has 42 heavy (non-hydrogen) atoms. The Morgan fingerprint density at radius 3 is 2.38 bits per heavy atom. The van der Waals surface area contributed by atoms with Gasteiger partial charge in [-0.05, 0) is 55.5 Å². The number of hydrogen-bond donors (Lipinski definition) is 1. The van der Waals surface area contributed by atoms with Gasteiger partial charge in [0.25, 0.3) is 10.0 Å². The first-order valence-corrected chi connectivity index (χ1v) is 15.3. The van der Waals surface area contributed by atoms with Crippen LogP contribution in [0.1, 0.15) is 48.7 Å². The highest BCUT2D eigenvalue weighted by atomic mass is 32.2. The predicted molar refractivity (Wildman–Crippen MR) is 148 cm³/mol. The van der Waals surface area contributed by atoms with Crippen molar-refractivity contribution in [3.8, 4) is 0 Å².